The van der Waals surface area contributed by atoms with E-state index in [0.29, 0.717) is 18.1 Å². The van der Waals surface area contributed by atoms with Gasteiger partial charge in [0.2, 0.25) is 5.89 Å². The summed E-state index contributed by atoms with van der Waals surface area (Å²) >= 11 is 0. The maximum atomic E-state index is 12.0. The van der Waals surface area contributed by atoms with Gasteiger partial charge >= 0.3 is 0 Å². The highest BCUT2D eigenvalue weighted by atomic mass is 19.1. The second kappa shape index (κ2) is 7.55. The maximum absolute atomic E-state index is 12.0. The largest absolute Gasteiger partial charge is 0.338 e. The van der Waals surface area contributed by atoms with E-state index in [9.17, 15) is 4.39 Å². The van der Waals surface area contributed by atoms with Gasteiger partial charge in [-0.15, -0.1) is 0 Å². The molecule has 2 heterocycles. The molecule has 6 heteroatoms. The molecule has 19 heavy (non-hydrogen) atoms. The van der Waals surface area contributed by atoms with Crippen LogP contribution in [0, 0.1) is 6.92 Å². The van der Waals surface area contributed by atoms with Crippen molar-refractivity contribution >= 4 is 0 Å². The molecule has 108 valence electrons. The first kappa shape index (κ1) is 14.4. The van der Waals surface area contributed by atoms with E-state index in [4.69, 9.17) is 4.52 Å². The molecule has 1 aliphatic heterocycles. The second-order valence-electron chi connectivity index (χ2n) is 5.10. The van der Waals surface area contributed by atoms with Crippen LogP contribution in [0.3, 0.4) is 0 Å². The van der Waals surface area contributed by atoms with Crippen molar-refractivity contribution in [1.82, 2.24) is 19.9 Å². The average Bonchev–Trinajstić information content (AvgIpc) is 2.82. The molecular formula is C13H23FN4O. The third kappa shape index (κ3) is 4.87. The Kier molecular flexibility index (Phi) is 5.72. The molecule has 0 atom stereocenters. The zero-order valence-corrected chi connectivity index (χ0v) is 11.6. The molecule has 1 aromatic rings. The standard InChI is InChI=1S/C13H23FN4O/c1-12-15-13(19-16-12)11-18-9-7-17(8-10-18)6-4-2-3-5-14/h2-11H2,1H3. The molecule has 1 fully saturated rings. The quantitative estimate of drug-likeness (QED) is 0.705. The summed E-state index contributed by atoms with van der Waals surface area (Å²) in [6, 6.07) is 0. The molecule has 1 saturated heterocycles. The number of unbranched alkanes of at least 4 members (excludes halogenated alkanes) is 2. The normalized spacial score (nSPS) is 18.0. The van der Waals surface area contributed by atoms with Gasteiger partial charge in [-0.2, -0.15) is 4.98 Å². The van der Waals surface area contributed by atoms with Gasteiger partial charge in [0.05, 0.1) is 13.2 Å². The lowest BCUT2D eigenvalue weighted by Gasteiger charge is -2.33. The van der Waals surface area contributed by atoms with Gasteiger partial charge in [-0.1, -0.05) is 5.16 Å². The summed E-state index contributed by atoms with van der Waals surface area (Å²) in [7, 11) is 0. The first-order valence-electron chi connectivity index (χ1n) is 7.08. The lowest BCUT2D eigenvalue weighted by Crippen LogP contribution is -2.46. The van der Waals surface area contributed by atoms with E-state index >= 15 is 0 Å². The molecule has 0 radical (unpaired) electrons. The van der Waals surface area contributed by atoms with E-state index in [-0.39, 0.29) is 6.67 Å². The number of alkyl halides is 1. The van der Waals surface area contributed by atoms with Crippen LogP contribution in [0.1, 0.15) is 31.0 Å². The van der Waals surface area contributed by atoms with Crippen LogP contribution in [0.4, 0.5) is 4.39 Å². The zero-order valence-electron chi connectivity index (χ0n) is 11.6. The molecule has 0 N–H and O–H groups in total. The van der Waals surface area contributed by atoms with Gasteiger partial charge in [-0.3, -0.25) is 9.29 Å². The van der Waals surface area contributed by atoms with Crippen LogP contribution in [-0.2, 0) is 6.54 Å². The van der Waals surface area contributed by atoms with Gasteiger partial charge in [-0.25, -0.2) is 0 Å². The molecule has 1 aliphatic rings. The first-order chi connectivity index (χ1) is 9.28. The number of nitrogens with zero attached hydrogens (tertiary/aromatic N) is 4. The molecule has 2 rings (SSSR count). The Hall–Kier alpha value is -1.01. The molecule has 0 unspecified atom stereocenters. The molecule has 5 nitrogen and oxygen atoms in total. The summed E-state index contributed by atoms with van der Waals surface area (Å²) < 4.78 is 17.1. The highest BCUT2D eigenvalue weighted by Gasteiger charge is 2.18. The van der Waals surface area contributed by atoms with Crippen LogP contribution in [0.2, 0.25) is 0 Å². The monoisotopic (exact) mass is 270 g/mol. The summed E-state index contributed by atoms with van der Waals surface area (Å²) in [5.74, 6) is 1.40. The van der Waals surface area contributed by atoms with Gasteiger partial charge in [0, 0.05) is 26.2 Å². The average molecular weight is 270 g/mol. The molecule has 0 spiro atoms. The fourth-order valence-corrected chi connectivity index (χ4v) is 2.37. The van der Waals surface area contributed by atoms with E-state index in [1.807, 2.05) is 6.92 Å². The summed E-state index contributed by atoms with van der Waals surface area (Å²) in [6.07, 6.45) is 2.81. The fourth-order valence-electron chi connectivity index (χ4n) is 2.37. The van der Waals surface area contributed by atoms with Crippen LogP contribution in [0.25, 0.3) is 0 Å². The smallest absolute Gasteiger partial charge is 0.240 e. The van der Waals surface area contributed by atoms with Crippen molar-refractivity contribution in [2.24, 2.45) is 0 Å². The van der Waals surface area contributed by atoms with Crippen LogP contribution in [0.15, 0.2) is 4.52 Å². The molecular weight excluding hydrogens is 247 g/mol. The molecule has 0 aliphatic carbocycles. The third-order valence-corrected chi connectivity index (χ3v) is 3.50. The highest BCUT2D eigenvalue weighted by Crippen LogP contribution is 2.08. The number of halogens is 1. The van der Waals surface area contributed by atoms with Crippen molar-refractivity contribution < 1.29 is 8.91 Å². The van der Waals surface area contributed by atoms with Crippen molar-refractivity contribution in [3.63, 3.8) is 0 Å². The Morgan fingerprint density at radius 1 is 1.11 bits per heavy atom. The summed E-state index contributed by atoms with van der Waals surface area (Å²) in [6.45, 7) is 7.70. The molecule has 0 amide bonds. The number of aryl methyl sites for hydroxylation is 1. The number of hydrogen-bond acceptors (Lipinski definition) is 5. The number of hydrogen-bond donors (Lipinski definition) is 0. The molecule has 0 bridgehead atoms. The second-order valence-corrected chi connectivity index (χ2v) is 5.10. The zero-order chi connectivity index (χ0) is 13.5. The topological polar surface area (TPSA) is 45.4 Å². The van der Waals surface area contributed by atoms with E-state index in [2.05, 4.69) is 19.9 Å². The SMILES string of the molecule is Cc1noc(CN2CCN(CCCCCF)CC2)n1. The van der Waals surface area contributed by atoms with Gasteiger partial charge in [-0.05, 0) is 32.7 Å². The lowest BCUT2D eigenvalue weighted by atomic mass is 10.2. The first-order valence-corrected chi connectivity index (χ1v) is 7.08. The Balaban J connectivity index is 1.62. The van der Waals surface area contributed by atoms with Gasteiger partial charge in [0.25, 0.3) is 0 Å². The summed E-state index contributed by atoms with van der Waals surface area (Å²) in [5, 5.41) is 3.80. The van der Waals surface area contributed by atoms with Crippen LogP contribution in [0.5, 0.6) is 0 Å². The Morgan fingerprint density at radius 2 is 1.84 bits per heavy atom. The third-order valence-electron chi connectivity index (χ3n) is 3.50. The Morgan fingerprint density at radius 3 is 2.47 bits per heavy atom. The molecule has 1 aromatic heterocycles. The summed E-state index contributed by atoms with van der Waals surface area (Å²) in [4.78, 5) is 9.02. The van der Waals surface area contributed by atoms with Gasteiger partial charge < -0.3 is 9.42 Å². The van der Waals surface area contributed by atoms with E-state index in [0.717, 1.165) is 52.1 Å². The van der Waals surface area contributed by atoms with Crippen molar-refractivity contribution in [2.45, 2.75) is 32.7 Å². The van der Waals surface area contributed by atoms with Crippen LogP contribution in [-0.4, -0.2) is 59.3 Å². The number of aromatic nitrogens is 2. The molecule has 0 aromatic carbocycles. The van der Waals surface area contributed by atoms with Gasteiger partial charge in [0.1, 0.15) is 0 Å². The van der Waals surface area contributed by atoms with Crippen molar-refractivity contribution in [2.75, 3.05) is 39.4 Å². The minimum Gasteiger partial charge on any atom is -0.338 e. The van der Waals surface area contributed by atoms with E-state index in [1.54, 1.807) is 0 Å². The van der Waals surface area contributed by atoms with Gasteiger partial charge in [0.15, 0.2) is 5.82 Å². The Labute approximate surface area is 113 Å². The molecule has 0 saturated carbocycles. The predicted octanol–water partition coefficient (Wildman–Crippen LogP) is 1.64. The predicted molar refractivity (Wildman–Crippen MR) is 70.6 cm³/mol. The van der Waals surface area contributed by atoms with Crippen LogP contribution >= 0.6 is 0 Å². The minimum atomic E-state index is -0.183. The van der Waals surface area contributed by atoms with E-state index in [1.165, 1.54) is 0 Å². The lowest BCUT2D eigenvalue weighted by molar-refractivity contribution is 0.115. The van der Waals surface area contributed by atoms with Crippen molar-refractivity contribution in [1.29, 1.82) is 0 Å². The highest BCUT2D eigenvalue weighted by molar-refractivity contribution is 4.84. The number of piperazine rings is 1. The van der Waals surface area contributed by atoms with Crippen LogP contribution < -0.4 is 0 Å². The summed E-state index contributed by atoms with van der Waals surface area (Å²) in [5.41, 5.74) is 0. The van der Waals surface area contributed by atoms with Crippen molar-refractivity contribution in [3.05, 3.63) is 11.7 Å². The number of rotatable bonds is 7. The maximum Gasteiger partial charge on any atom is 0.240 e. The van der Waals surface area contributed by atoms with E-state index < -0.39 is 0 Å². The van der Waals surface area contributed by atoms with Crippen molar-refractivity contribution in [3.8, 4) is 0 Å². The fraction of sp³-hybridized carbons (Fsp3) is 0.846. The minimum absolute atomic E-state index is 0.183. The Bertz CT molecular complexity index is 363.